The molecule has 554 valence electrons. The Labute approximate surface area is 686 Å². The van der Waals surface area contributed by atoms with Crippen LogP contribution >= 0.6 is 0 Å². The van der Waals surface area contributed by atoms with Crippen LogP contribution in [0.3, 0.4) is 0 Å². The number of pyridine rings is 4. The normalized spacial score (nSPS) is 12.2. The average molecular weight is 1520 g/mol. The summed E-state index contributed by atoms with van der Waals surface area (Å²) in [4.78, 5) is 21.5. The van der Waals surface area contributed by atoms with Crippen molar-refractivity contribution in [3.63, 3.8) is 0 Å². The van der Waals surface area contributed by atoms with Crippen molar-refractivity contribution < 1.29 is 0 Å². The van der Waals surface area contributed by atoms with Gasteiger partial charge in [0.1, 0.15) is 0 Å². The van der Waals surface area contributed by atoms with E-state index < -0.39 is 0 Å². The Morgan fingerprint density at radius 2 is 0.483 bits per heavy atom. The first-order valence-electron chi connectivity index (χ1n) is 41.1. The first kappa shape index (κ1) is 66.2. The Morgan fingerprint density at radius 1 is 0.150 bits per heavy atom. The quantitative estimate of drug-likeness (QED) is 0.107. The zero-order chi connectivity index (χ0) is 78.4. The number of nitrogens with zero attached hydrogens (tertiary/aromatic N) is 8. The van der Waals surface area contributed by atoms with Gasteiger partial charge < -0.3 is 18.3 Å². The van der Waals surface area contributed by atoms with E-state index in [9.17, 15) is 0 Å². The first-order valence-corrected chi connectivity index (χ1v) is 41.1. The van der Waals surface area contributed by atoms with Crippen molar-refractivity contribution in [1.82, 2.24) is 38.2 Å². The molecule has 0 saturated carbocycles. The molecule has 0 aliphatic rings. The number of hydrogen-bond donors (Lipinski definition) is 0. The smallest absolute Gasteiger partial charge is 0.0978 e. The summed E-state index contributed by atoms with van der Waals surface area (Å²) in [7, 11) is 0. The zero-order valence-corrected chi connectivity index (χ0v) is 64.7. The number of aromatic nitrogens is 8. The molecule has 8 nitrogen and oxygen atoms in total. The van der Waals surface area contributed by atoms with Crippen molar-refractivity contribution in [3.8, 4) is 78.6 Å². The molecule has 0 atom stereocenters. The Hall–Kier alpha value is -16.2. The van der Waals surface area contributed by atoms with Crippen LogP contribution in [-0.2, 0) is 0 Å². The standard InChI is InChI=1S/C112H66N8/c1-3-20-67(21-4-1)107-87-30-7-13-32-97(87)115-111-89(107)50-41-69-43-52-95(113-109(69)111)75-24-19-25-79(61-75)117-101-36-17-11-28-85(101)93-65-81(48-56-105(93)117)119-99-34-15-9-26-83(99)91-63-73(45-54-103(91)119)74-46-55-104-92(64-74)84-27-10-16-35-100(84)120(104)82-49-57-106-94(66-82)86-29-12-18-37-102(86)118(106)80-47-40-72-58-77-60-76(39-38-71(77)59-78(72)62-80)96-53-44-70-42-51-90-108(68-22-5-2-6-23-68)88-31-8-14-33-98(88)116-112(90)110(70)114-96/h1-66H. The molecule has 0 unspecified atom stereocenters. The second-order valence-corrected chi connectivity index (χ2v) is 32.0. The molecule has 8 heterocycles. The van der Waals surface area contributed by atoms with Crippen molar-refractivity contribution in [3.05, 3.63) is 400 Å². The van der Waals surface area contributed by atoms with Crippen LogP contribution in [0.2, 0.25) is 0 Å². The van der Waals surface area contributed by atoms with Gasteiger partial charge in [0, 0.05) is 120 Å². The number of benzene rings is 18. The summed E-state index contributed by atoms with van der Waals surface area (Å²) in [5.41, 5.74) is 30.1. The van der Waals surface area contributed by atoms with Gasteiger partial charge >= 0.3 is 0 Å². The molecule has 0 radical (unpaired) electrons. The number of rotatable bonds is 9. The summed E-state index contributed by atoms with van der Waals surface area (Å²) >= 11 is 0. The maximum absolute atomic E-state index is 5.48. The van der Waals surface area contributed by atoms with Gasteiger partial charge in [-0.2, -0.15) is 0 Å². The fourth-order valence-electron chi connectivity index (χ4n) is 19.9. The average Bonchev–Trinajstić information content (AvgIpc) is 1.76. The summed E-state index contributed by atoms with van der Waals surface area (Å²) in [5.74, 6) is 0. The van der Waals surface area contributed by atoms with Crippen LogP contribution in [0, 0.1) is 0 Å². The molecule has 120 heavy (non-hydrogen) atoms. The van der Waals surface area contributed by atoms with Crippen molar-refractivity contribution in [2.45, 2.75) is 0 Å². The molecule has 0 N–H and O–H groups in total. The lowest BCUT2D eigenvalue weighted by molar-refractivity contribution is 1.16. The van der Waals surface area contributed by atoms with Crippen molar-refractivity contribution in [2.24, 2.45) is 0 Å². The fraction of sp³-hybridized carbons (Fsp3) is 0. The largest absolute Gasteiger partial charge is 0.309 e. The number of fused-ring (bicyclic) bond motifs is 22. The van der Waals surface area contributed by atoms with Crippen LogP contribution in [0.4, 0.5) is 0 Å². The highest BCUT2D eigenvalue weighted by Crippen LogP contribution is 2.46. The van der Waals surface area contributed by atoms with Gasteiger partial charge in [-0.25, -0.2) is 19.9 Å². The van der Waals surface area contributed by atoms with E-state index in [0.29, 0.717) is 0 Å². The highest BCUT2D eigenvalue weighted by atomic mass is 15.0. The molecular formula is C112H66N8. The van der Waals surface area contributed by atoms with Crippen molar-refractivity contribution in [2.75, 3.05) is 0 Å². The lowest BCUT2D eigenvalue weighted by Crippen LogP contribution is -1.97. The maximum atomic E-state index is 5.48. The van der Waals surface area contributed by atoms with Gasteiger partial charge in [-0.1, -0.05) is 249 Å². The molecule has 8 heteroatoms. The van der Waals surface area contributed by atoms with Crippen LogP contribution in [0.1, 0.15) is 0 Å². The summed E-state index contributed by atoms with van der Waals surface area (Å²) in [6, 6.07) is 146. The van der Waals surface area contributed by atoms with E-state index in [1.807, 2.05) is 0 Å². The lowest BCUT2D eigenvalue weighted by atomic mass is 9.95. The first-order chi connectivity index (χ1) is 59.5. The van der Waals surface area contributed by atoms with Gasteiger partial charge in [0.2, 0.25) is 0 Å². The third-order valence-corrected chi connectivity index (χ3v) is 25.4. The third-order valence-electron chi connectivity index (χ3n) is 25.4. The number of para-hydroxylation sites is 6. The van der Waals surface area contributed by atoms with E-state index >= 15 is 0 Å². The molecule has 0 bridgehead atoms. The predicted octanol–water partition coefficient (Wildman–Crippen LogP) is 29.2. The van der Waals surface area contributed by atoms with Crippen LogP contribution in [-0.4, -0.2) is 38.2 Å². The summed E-state index contributed by atoms with van der Waals surface area (Å²) in [6.45, 7) is 0. The van der Waals surface area contributed by atoms with E-state index in [-0.39, 0.29) is 0 Å². The summed E-state index contributed by atoms with van der Waals surface area (Å²) in [6.07, 6.45) is 0. The topological polar surface area (TPSA) is 71.3 Å². The maximum Gasteiger partial charge on any atom is 0.0978 e. The molecule has 26 rings (SSSR count). The van der Waals surface area contributed by atoms with E-state index in [1.165, 1.54) is 92.5 Å². The molecule has 8 aromatic heterocycles. The molecule has 0 fully saturated rings. The van der Waals surface area contributed by atoms with Gasteiger partial charge in [0.15, 0.2) is 0 Å². The van der Waals surface area contributed by atoms with E-state index in [1.54, 1.807) is 0 Å². The molecule has 0 aliphatic heterocycles. The Bertz CT molecular complexity index is 8930. The Balaban J connectivity index is 0.526. The lowest BCUT2D eigenvalue weighted by Gasteiger charge is -2.14. The molecule has 0 saturated heterocycles. The molecule has 0 spiro atoms. The van der Waals surface area contributed by atoms with E-state index in [0.717, 1.165) is 160 Å². The fourth-order valence-corrected chi connectivity index (χ4v) is 19.9. The van der Waals surface area contributed by atoms with E-state index in [4.69, 9.17) is 19.9 Å². The van der Waals surface area contributed by atoms with Crippen molar-refractivity contribution >= 4 is 174 Å². The van der Waals surface area contributed by atoms with Crippen LogP contribution in [0.15, 0.2) is 400 Å². The highest BCUT2D eigenvalue weighted by molar-refractivity contribution is 6.20. The Kier molecular flexibility index (Phi) is 14.2. The molecule has 0 aliphatic carbocycles. The monoisotopic (exact) mass is 1520 g/mol. The predicted molar refractivity (Wildman–Crippen MR) is 502 cm³/mol. The summed E-state index contributed by atoms with van der Waals surface area (Å²) < 4.78 is 9.76. The van der Waals surface area contributed by atoms with Gasteiger partial charge in [0.05, 0.1) is 88.6 Å². The SMILES string of the molecule is c1ccc(-c2c3ccccc3nc3c2ccc2ccc(-c4cccc(-n5c6ccccc6c6cc(-n7c8ccccc8c8cc(-c9ccc%10c(c9)c9ccccc9n%10-c9ccc%10c(c9)c9ccccc9n%10-c9ccc%10cc%11cc(-c%12ccc%13ccc%14c(-c%15ccccc%15)c%15ccccc%15nc%14c%13n%12)ccc%11cc%10c9)ccc87)ccc65)c4)nc23)cc1. The number of hydrogen-bond acceptors (Lipinski definition) is 4. The van der Waals surface area contributed by atoms with Gasteiger partial charge in [-0.3, -0.25) is 0 Å². The van der Waals surface area contributed by atoms with Crippen molar-refractivity contribution in [1.29, 1.82) is 0 Å². The van der Waals surface area contributed by atoms with Crippen LogP contribution in [0.25, 0.3) is 253 Å². The minimum Gasteiger partial charge on any atom is -0.309 e. The van der Waals surface area contributed by atoms with Gasteiger partial charge in [-0.05, 0) is 195 Å². The van der Waals surface area contributed by atoms with E-state index in [2.05, 4.69) is 419 Å². The molecular weight excluding hydrogens is 1460 g/mol. The molecule has 18 aromatic carbocycles. The van der Waals surface area contributed by atoms with Crippen LogP contribution in [0.5, 0.6) is 0 Å². The second-order valence-electron chi connectivity index (χ2n) is 32.0. The minimum atomic E-state index is 0.889. The summed E-state index contributed by atoms with van der Waals surface area (Å²) in [5, 5.41) is 20.9. The highest BCUT2D eigenvalue weighted by Gasteiger charge is 2.24. The Morgan fingerprint density at radius 3 is 0.958 bits per heavy atom. The van der Waals surface area contributed by atoms with Crippen LogP contribution < -0.4 is 0 Å². The third kappa shape index (κ3) is 10.00. The molecule has 26 aromatic rings. The van der Waals surface area contributed by atoms with Gasteiger partial charge in [0.25, 0.3) is 0 Å². The molecule has 0 amide bonds. The zero-order valence-electron chi connectivity index (χ0n) is 64.7. The second kappa shape index (κ2) is 25.7. The van der Waals surface area contributed by atoms with Gasteiger partial charge in [-0.15, -0.1) is 0 Å². The minimum absolute atomic E-state index is 0.889.